The normalized spacial score (nSPS) is 28.4. The predicted molar refractivity (Wildman–Crippen MR) is 161 cm³/mol. The summed E-state index contributed by atoms with van der Waals surface area (Å²) in [4.78, 5) is 29.9. The molecule has 0 heterocycles. The Bertz CT molecular complexity index is 885. The van der Waals surface area contributed by atoms with Gasteiger partial charge in [0.2, 0.25) is 5.91 Å². The summed E-state index contributed by atoms with van der Waals surface area (Å²) in [5.74, 6) is 7.97. The highest BCUT2D eigenvalue weighted by molar-refractivity contribution is 6.42. The third-order valence-corrected chi connectivity index (χ3v) is 10.4. The minimum atomic E-state index is -0.236. The maximum atomic E-state index is 13.1. The van der Waals surface area contributed by atoms with Crippen LogP contribution in [-0.2, 0) is 9.53 Å². The van der Waals surface area contributed by atoms with Crippen LogP contribution in [0, 0.1) is 23.7 Å². The van der Waals surface area contributed by atoms with Gasteiger partial charge in [0, 0.05) is 24.5 Å². The van der Waals surface area contributed by atoms with E-state index in [0.717, 1.165) is 69.2 Å². The SMILES string of the molecule is CCC(CC)(NC(=O)OCC1C2CCC(=NCCCC(=O)NC3CC3)/C(=N/N)CCC21)C1CCCCCCCC1. The summed E-state index contributed by atoms with van der Waals surface area (Å²) in [5.41, 5.74) is 1.73. The summed E-state index contributed by atoms with van der Waals surface area (Å²) in [6, 6.07) is 0.409. The summed E-state index contributed by atoms with van der Waals surface area (Å²) < 4.78 is 5.91. The van der Waals surface area contributed by atoms with Crippen LogP contribution >= 0.6 is 0 Å². The fourth-order valence-electron chi connectivity index (χ4n) is 7.52. The minimum absolute atomic E-state index is 0.135. The van der Waals surface area contributed by atoms with Gasteiger partial charge in [0.15, 0.2) is 0 Å². The van der Waals surface area contributed by atoms with Crippen LogP contribution in [0.15, 0.2) is 10.1 Å². The van der Waals surface area contributed by atoms with Crippen LogP contribution < -0.4 is 16.5 Å². The maximum Gasteiger partial charge on any atom is 0.407 e. The van der Waals surface area contributed by atoms with E-state index >= 15 is 0 Å². The molecule has 4 aliphatic carbocycles. The van der Waals surface area contributed by atoms with E-state index in [0.29, 0.717) is 49.3 Å². The Morgan fingerprint density at radius 1 is 0.900 bits per heavy atom. The van der Waals surface area contributed by atoms with Gasteiger partial charge in [-0.1, -0.05) is 52.4 Å². The van der Waals surface area contributed by atoms with Crippen molar-refractivity contribution in [1.82, 2.24) is 10.6 Å². The van der Waals surface area contributed by atoms with Crippen molar-refractivity contribution >= 4 is 23.4 Å². The number of hydrogen-bond acceptors (Lipinski definition) is 6. The summed E-state index contributed by atoms with van der Waals surface area (Å²) >= 11 is 0. The molecule has 0 aromatic carbocycles. The van der Waals surface area contributed by atoms with E-state index in [9.17, 15) is 9.59 Å². The highest BCUT2D eigenvalue weighted by atomic mass is 16.5. The number of fused-ring (bicyclic) bond motifs is 1. The molecule has 0 aromatic heterocycles. The number of nitrogens with one attached hydrogen (secondary N) is 2. The van der Waals surface area contributed by atoms with E-state index in [-0.39, 0.29) is 17.5 Å². The number of aliphatic imine (C=N–C) groups is 1. The Morgan fingerprint density at radius 3 is 2.12 bits per heavy atom. The number of hydrazone groups is 1. The van der Waals surface area contributed by atoms with Crippen LogP contribution in [0.3, 0.4) is 0 Å². The van der Waals surface area contributed by atoms with Gasteiger partial charge >= 0.3 is 6.09 Å². The number of alkyl carbamates (subject to hydrolysis) is 1. The molecule has 4 rings (SSSR count). The Balaban J connectivity index is 1.24. The molecular formula is C32H55N5O3. The van der Waals surface area contributed by atoms with Gasteiger partial charge in [-0.05, 0) is 94.3 Å². The van der Waals surface area contributed by atoms with Crippen LogP contribution in [0.1, 0.15) is 129 Å². The third kappa shape index (κ3) is 8.69. The summed E-state index contributed by atoms with van der Waals surface area (Å²) in [6.45, 7) is 5.56. The quantitative estimate of drug-likeness (QED) is 0.158. The second kappa shape index (κ2) is 15.2. The lowest BCUT2D eigenvalue weighted by Crippen LogP contribution is -2.53. The van der Waals surface area contributed by atoms with E-state index < -0.39 is 0 Å². The van der Waals surface area contributed by atoms with Crippen molar-refractivity contribution in [2.24, 2.45) is 39.6 Å². The van der Waals surface area contributed by atoms with Crippen molar-refractivity contribution < 1.29 is 14.3 Å². The van der Waals surface area contributed by atoms with Crippen molar-refractivity contribution in [3.05, 3.63) is 0 Å². The molecule has 2 amide bonds. The van der Waals surface area contributed by atoms with Crippen molar-refractivity contribution in [2.75, 3.05) is 13.2 Å². The van der Waals surface area contributed by atoms with Gasteiger partial charge in [-0.15, -0.1) is 0 Å². The lowest BCUT2D eigenvalue weighted by molar-refractivity contribution is -0.121. The molecule has 226 valence electrons. The van der Waals surface area contributed by atoms with Crippen LogP contribution in [0.4, 0.5) is 4.79 Å². The Labute approximate surface area is 242 Å². The zero-order valence-electron chi connectivity index (χ0n) is 25.2. The number of hydrogen-bond donors (Lipinski definition) is 3. The van der Waals surface area contributed by atoms with Gasteiger partial charge in [0.1, 0.15) is 0 Å². The van der Waals surface area contributed by atoms with Gasteiger partial charge in [-0.3, -0.25) is 9.79 Å². The number of amides is 2. The number of ether oxygens (including phenoxy) is 1. The molecule has 0 aromatic rings. The molecule has 40 heavy (non-hydrogen) atoms. The fraction of sp³-hybridized carbons (Fsp3) is 0.875. The standard InChI is InChI=1S/C32H55N5O3/c1-3-32(4-2,23-12-9-7-5-6-8-10-13-23)36-31(39)40-22-27-25-17-19-28(29(37-33)20-18-26(25)27)34-21-11-14-30(38)35-24-15-16-24/h23-27H,3-22,33H2,1-2H3,(H,35,38)(H,36,39)/b34-28?,37-29+. The van der Waals surface area contributed by atoms with Gasteiger partial charge < -0.3 is 21.2 Å². The average molecular weight is 558 g/mol. The molecule has 0 saturated heterocycles. The van der Waals surface area contributed by atoms with Crippen molar-refractivity contribution in [3.63, 3.8) is 0 Å². The zero-order valence-corrected chi connectivity index (χ0v) is 25.2. The Morgan fingerprint density at radius 2 is 1.52 bits per heavy atom. The van der Waals surface area contributed by atoms with Gasteiger partial charge in [0.25, 0.3) is 0 Å². The van der Waals surface area contributed by atoms with E-state index in [1.165, 1.54) is 51.4 Å². The Kier molecular flexibility index (Phi) is 11.7. The van der Waals surface area contributed by atoms with Crippen LogP contribution in [0.25, 0.3) is 0 Å². The van der Waals surface area contributed by atoms with Gasteiger partial charge in [-0.25, -0.2) is 4.79 Å². The number of nitrogens with two attached hydrogens (primary N) is 1. The molecule has 3 unspecified atom stereocenters. The molecule has 3 atom stereocenters. The topological polar surface area (TPSA) is 118 Å². The number of nitrogens with zero attached hydrogens (tertiary/aromatic N) is 2. The third-order valence-electron chi connectivity index (χ3n) is 10.4. The summed E-state index contributed by atoms with van der Waals surface area (Å²) in [5, 5.41) is 10.5. The number of carbonyl (C=O) groups excluding carboxylic acids is 2. The van der Waals surface area contributed by atoms with Gasteiger partial charge in [0.05, 0.1) is 18.0 Å². The van der Waals surface area contributed by atoms with Crippen LogP contribution in [-0.4, -0.2) is 48.2 Å². The smallest absolute Gasteiger partial charge is 0.407 e. The highest BCUT2D eigenvalue weighted by Crippen LogP contribution is 2.53. The van der Waals surface area contributed by atoms with Crippen molar-refractivity contribution in [1.29, 1.82) is 0 Å². The molecule has 8 heteroatoms. The average Bonchev–Trinajstić information content (AvgIpc) is 3.87. The second-order valence-electron chi connectivity index (χ2n) is 12.9. The van der Waals surface area contributed by atoms with Crippen LogP contribution in [0.2, 0.25) is 0 Å². The molecule has 0 spiro atoms. The molecule has 0 aliphatic heterocycles. The van der Waals surface area contributed by atoms with Crippen molar-refractivity contribution in [2.45, 2.75) is 141 Å². The fourth-order valence-corrected chi connectivity index (χ4v) is 7.52. The first kappa shape index (κ1) is 30.8. The molecule has 8 nitrogen and oxygen atoms in total. The van der Waals surface area contributed by atoms with Gasteiger partial charge in [-0.2, -0.15) is 5.10 Å². The van der Waals surface area contributed by atoms with E-state index in [4.69, 9.17) is 15.6 Å². The van der Waals surface area contributed by atoms with Crippen LogP contribution in [0.5, 0.6) is 0 Å². The van der Waals surface area contributed by atoms with E-state index in [2.05, 4.69) is 29.6 Å². The molecule has 0 radical (unpaired) electrons. The first-order valence-corrected chi connectivity index (χ1v) is 16.5. The zero-order chi connectivity index (χ0) is 28.4. The summed E-state index contributed by atoms with van der Waals surface area (Å²) in [7, 11) is 0. The maximum absolute atomic E-state index is 13.1. The first-order chi connectivity index (χ1) is 19.5. The first-order valence-electron chi connectivity index (χ1n) is 16.5. The molecule has 4 aliphatic rings. The molecule has 4 fully saturated rings. The predicted octanol–water partition coefficient (Wildman–Crippen LogP) is 6.27. The molecule has 0 bridgehead atoms. The molecule has 4 saturated carbocycles. The Hall–Kier alpha value is -2.12. The summed E-state index contributed by atoms with van der Waals surface area (Å²) in [6.07, 6.45) is 19.1. The lowest BCUT2D eigenvalue weighted by atomic mass is 9.74. The lowest BCUT2D eigenvalue weighted by Gasteiger charge is -2.40. The molecular weight excluding hydrogens is 502 g/mol. The second-order valence-corrected chi connectivity index (χ2v) is 12.9. The number of rotatable bonds is 11. The van der Waals surface area contributed by atoms with E-state index in [1.54, 1.807) is 0 Å². The number of carbonyl (C=O) groups is 2. The van der Waals surface area contributed by atoms with Crippen molar-refractivity contribution in [3.8, 4) is 0 Å². The molecule has 4 N–H and O–H groups in total. The van der Waals surface area contributed by atoms with E-state index in [1.807, 2.05) is 0 Å². The largest absolute Gasteiger partial charge is 0.449 e. The highest BCUT2D eigenvalue weighted by Gasteiger charge is 2.50. The minimum Gasteiger partial charge on any atom is -0.449 e. The monoisotopic (exact) mass is 557 g/mol.